The van der Waals surface area contributed by atoms with Gasteiger partial charge in [0.2, 0.25) is 0 Å². The van der Waals surface area contributed by atoms with Crippen LogP contribution in [-0.2, 0) is 12.1 Å². The maximum Gasteiger partial charge on any atom is 0.465 e. The monoisotopic (exact) mass is 249 g/mol. The molecule has 0 unspecified atom stereocenters. The summed E-state index contributed by atoms with van der Waals surface area (Å²) in [7, 11) is 0. The number of H-pyrrole nitrogens is 1. The predicted octanol–water partition coefficient (Wildman–Crippen LogP) is 0.804. The van der Waals surface area contributed by atoms with Gasteiger partial charge in [-0.15, -0.1) is 5.10 Å². The fraction of sp³-hybridized carbons (Fsp3) is 0.923. The zero-order valence-electron chi connectivity index (χ0n) is 10.9. The molecule has 4 saturated carbocycles. The lowest BCUT2D eigenvalue weighted by Crippen LogP contribution is -2.67. The summed E-state index contributed by atoms with van der Waals surface area (Å²) < 4.78 is 1.54. The topological polar surface area (TPSA) is 54.6 Å². The van der Waals surface area contributed by atoms with Crippen LogP contribution in [0.4, 0.5) is 0 Å². The van der Waals surface area contributed by atoms with Crippen molar-refractivity contribution >= 4 is 0 Å². The number of nitrogens with one attached hydrogen (secondary N) is 1. The first-order valence-corrected chi connectivity index (χ1v) is 7.28. The van der Waals surface area contributed by atoms with Gasteiger partial charge < -0.3 is 0 Å². The number of tetrazole rings is 1. The highest BCUT2D eigenvalue weighted by molar-refractivity contribution is 4.98. The fourth-order valence-electron chi connectivity index (χ4n) is 5.06. The molecule has 4 aliphatic carbocycles. The van der Waals surface area contributed by atoms with Gasteiger partial charge in [0.15, 0.2) is 5.54 Å². The number of aryl methyl sites for hydroxylation is 1. The molecule has 0 saturated heterocycles. The highest BCUT2D eigenvalue weighted by Crippen LogP contribution is 2.56. The number of aromatic amines is 1. The molecule has 0 aromatic carbocycles. The summed E-state index contributed by atoms with van der Waals surface area (Å²) in [5.74, 6) is 2.62. The molecular formula is C13H21N4O+. The SMILES string of the molecule is CCn1n[n+](C23CC4CC(CC(C4)C2)C3)[nH]c1=O. The van der Waals surface area contributed by atoms with Crippen molar-refractivity contribution in [2.24, 2.45) is 17.8 Å². The van der Waals surface area contributed by atoms with Crippen LogP contribution in [0, 0.1) is 17.8 Å². The van der Waals surface area contributed by atoms with Crippen molar-refractivity contribution in [3.63, 3.8) is 0 Å². The molecule has 0 aliphatic heterocycles. The molecule has 4 bridgehead atoms. The van der Waals surface area contributed by atoms with Crippen LogP contribution in [0.2, 0.25) is 0 Å². The van der Waals surface area contributed by atoms with E-state index in [-0.39, 0.29) is 11.2 Å². The minimum Gasteiger partial charge on any atom is -0.215 e. The minimum atomic E-state index is -0.0618. The number of hydrogen-bond acceptors (Lipinski definition) is 2. The standard InChI is InChI=1S/C13H20N4O/c1-2-16-12(18)14-17(15-16)13-6-9-3-10(7-13)5-11(4-9)8-13/h9-11H,2-8H2,1H3/p+1. The van der Waals surface area contributed by atoms with E-state index >= 15 is 0 Å². The molecule has 4 fully saturated rings. The Morgan fingerprint density at radius 1 is 1.28 bits per heavy atom. The number of nitrogens with zero attached hydrogens (tertiary/aromatic N) is 3. The molecule has 1 N–H and O–H groups in total. The van der Waals surface area contributed by atoms with E-state index < -0.39 is 0 Å². The molecule has 1 aromatic rings. The molecule has 18 heavy (non-hydrogen) atoms. The van der Waals surface area contributed by atoms with Gasteiger partial charge in [-0.3, -0.25) is 0 Å². The van der Waals surface area contributed by atoms with Crippen molar-refractivity contribution in [2.75, 3.05) is 0 Å². The maximum absolute atomic E-state index is 11.8. The third kappa shape index (κ3) is 1.36. The van der Waals surface area contributed by atoms with E-state index in [2.05, 4.69) is 10.3 Å². The lowest BCUT2D eigenvalue weighted by molar-refractivity contribution is -0.872. The highest BCUT2D eigenvalue weighted by Gasteiger charge is 2.56. The van der Waals surface area contributed by atoms with Crippen LogP contribution in [0.1, 0.15) is 45.4 Å². The summed E-state index contributed by atoms with van der Waals surface area (Å²) in [5, 5.41) is 7.45. The Kier molecular flexibility index (Phi) is 2.07. The van der Waals surface area contributed by atoms with E-state index in [1.807, 2.05) is 11.7 Å². The summed E-state index contributed by atoms with van der Waals surface area (Å²) in [5.41, 5.74) is 0.0715. The maximum atomic E-state index is 11.8. The summed E-state index contributed by atoms with van der Waals surface area (Å²) >= 11 is 0. The van der Waals surface area contributed by atoms with Crippen LogP contribution >= 0.6 is 0 Å². The second-order valence-corrected chi connectivity index (χ2v) is 6.68. The molecule has 0 spiro atoms. The predicted molar refractivity (Wildman–Crippen MR) is 64.9 cm³/mol. The van der Waals surface area contributed by atoms with Gasteiger partial charge in [-0.05, 0) is 63.2 Å². The van der Waals surface area contributed by atoms with Crippen LogP contribution in [0.25, 0.3) is 0 Å². The van der Waals surface area contributed by atoms with Gasteiger partial charge >= 0.3 is 5.69 Å². The third-order valence-electron chi connectivity index (χ3n) is 5.39. The largest absolute Gasteiger partial charge is 0.465 e. The summed E-state index contributed by atoms with van der Waals surface area (Å²) in [6, 6.07) is 0. The summed E-state index contributed by atoms with van der Waals surface area (Å²) in [6.45, 7) is 2.61. The first-order valence-electron chi connectivity index (χ1n) is 7.28. The van der Waals surface area contributed by atoms with Gasteiger partial charge in [-0.25, -0.2) is 4.79 Å². The van der Waals surface area contributed by atoms with Gasteiger partial charge in [0.1, 0.15) is 11.8 Å². The van der Waals surface area contributed by atoms with Crippen LogP contribution in [-0.4, -0.2) is 15.0 Å². The van der Waals surface area contributed by atoms with E-state index in [1.165, 1.54) is 38.5 Å². The van der Waals surface area contributed by atoms with Gasteiger partial charge in [0.05, 0.1) is 0 Å². The smallest absolute Gasteiger partial charge is 0.215 e. The fourth-order valence-corrected chi connectivity index (χ4v) is 5.06. The van der Waals surface area contributed by atoms with E-state index in [0.717, 1.165) is 17.8 Å². The van der Waals surface area contributed by atoms with Gasteiger partial charge in [0.25, 0.3) is 0 Å². The first kappa shape index (κ1) is 10.8. The lowest BCUT2D eigenvalue weighted by atomic mass is 9.53. The van der Waals surface area contributed by atoms with Crippen LogP contribution in [0.3, 0.4) is 0 Å². The molecular weight excluding hydrogens is 228 g/mol. The number of hydrogen-bond donors (Lipinski definition) is 1. The zero-order chi connectivity index (χ0) is 12.3. The molecule has 5 nitrogen and oxygen atoms in total. The Morgan fingerprint density at radius 3 is 2.28 bits per heavy atom. The molecule has 1 heterocycles. The van der Waals surface area contributed by atoms with Crippen LogP contribution < -0.4 is 10.5 Å². The van der Waals surface area contributed by atoms with Gasteiger partial charge in [-0.2, -0.15) is 0 Å². The summed E-state index contributed by atoms with van der Waals surface area (Å²) in [6.07, 6.45) is 7.91. The lowest BCUT2D eigenvalue weighted by Gasteiger charge is -2.53. The van der Waals surface area contributed by atoms with Crippen molar-refractivity contribution in [1.82, 2.24) is 15.0 Å². The Bertz CT molecular complexity index is 494. The normalized spacial score (nSPS) is 41.5. The number of rotatable bonds is 2. The van der Waals surface area contributed by atoms with Gasteiger partial charge in [0, 0.05) is 0 Å². The van der Waals surface area contributed by atoms with E-state index in [1.54, 1.807) is 4.68 Å². The quantitative estimate of drug-likeness (QED) is 0.788. The Labute approximate surface area is 106 Å². The van der Waals surface area contributed by atoms with Crippen LogP contribution in [0.15, 0.2) is 4.79 Å². The van der Waals surface area contributed by atoms with Crippen molar-refractivity contribution in [3.8, 4) is 0 Å². The molecule has 0 radical (unpaired) electrons. The van der Waals surface area contributed by atoms with Crippen LogP contribution in [0.5, 0.6) is 0 Å². The molecule has 4 aliphatic rings. The molecule has 5 rings (SSSR count). The second kappa shape index (κ2) is 3.45. The number of aromatic nitrogens is 4. The van der Waals surface area contributed by atoms with E-state index in [9.17, 15) is 4.79 Å². The van der Waals surface area contributed by atoms with Crippen molar-refractivity contribution in [2.45, 2.75) is 57.5 Å². The minimum absolute atomic E-state index is 0.0618. The average molecular weight is 249 g/mol. The molecule has 5 heteroatoms. The van der Waals surface area contributed by atoms with Crippen molar-refractivity contribution in [3.05, 3.63) is 10.5 Å². The summed E-state index contributed by atoms with van der Waals surface area (Å²) in [4.78, 5) is 13.7. The van der Waals surface area contributed by atoms with Gasteiger partial charge in [-0.1, -0.05) is 9.48 Å². The molecule has 0 amide bonds. The first-order chi connectivity index (χ1) is 8.68. The zero-order valence-corrected chi connectivity index (χ0v) is 10.9. The highest BCUT2D eigenvalue weighted by atomic mass is 16.2. The molecule has 98 valence electrons. The van der Waals surface area contributed by atoms with Crippen molar-refractivity contribution < 1.29 is 4.80 Å². The third-order valence-corrected chi connectivity index (χ3v) is 5.39. The van der Waals surface area contributed by atoms with E-state index in [0.29, 0.717) is 6.54 Å². The Balaban J connectivity index is 1.76. The second-order valence-electron chi connectivity index (χ2n) is 6.68. The van der Waals surface area contributed by atoms with Crippen molar-refractivity contribution in [1.29, 1.82) is 0 Å². The van der Waals surface area contributed by atoms with E-state index in [4.69, 9.17) is 0 Å². The average Bonchev–Trinajstić information content (AvgIpc) is 2.69. The Morgan fingerprint density at radius 2 is 1.83 bits per heavy atom. The molecule has 1 aromatic heterocycles. The molecule has 0 atom stereocenters. The Hall–Kier alpha value is -1.13.